The highest BCUT2D eigenvalue weighted by atomic mass is 32.2. The van der Waals surface area contributed by atoms with E-state index in [1.165, 1.54) is 23.9 Å². The maximum Gasteiger partial charge on any atom is 0.238 e. The lowest BCUT2D eigenvalue weighted by molar-refractivity contribution is -0.118. The monoisotopic (exact) mass is 404 g/mol. The molecule has 3 aromatic rings. The van der Waals surface area contributed by atoms with Crippen molar-refractivity contribution >= 4 is 38.7 Å². The number of carbonyl (C=O) groups excluding carboxylic acids is 1. The second kappa shape index (κ2) is 8.12. The third-order valence-electron chi connectivity index (χ3n) is 3.94. The van der Waals surface area contributed by atoms with Crippen LogP contribution in [0.1, 0.15) is 11.1 Å². The number of hydrogen-bond donors (Lipinski definition) is 3. The summed E-state index contributed by atoms with van der Waals surface area (Å²) in [6, 6.07) is 12.3. The van der Waals surface area contributed by atoms with E-state index in [9.17, 15) is 13.2 Å². The second-order valence-electron chi connectivity index (χ2n) is 6.14. The zero-order chi connectivity index (χ0) is 19.4. The number of imidazole rings is 1. The first-order valence-electron chi connectivity index (χ1n) is 8.29. The highest BCUT2D eigenvalue weighted by Gasteiger charge is 2.08. The van der Waals surface area contributed by atoms with Gasteiger partial charge in [-0.15, -0.1) is 0 Å². The van der Waals surface area contributed by atoms with Gasteiger partial charge in [0.05, 0.1) is 21.7 Å². The average molecular weight is 405 g/mol. The van der Waals surface area contributed by atoms with E-state index in [2.05, 4.69) is 15.3 Å². The lowest BCUT2D eigenvalue weighted by atomic mass is 10.1. The molecule has 27 heavy (non-hydrogen) atoms. The van der Waals surface area contributed by atoms with Crippen molar-refractivity contribution in [1.29, 1.82) is 0 Å². The molecule has 1 aromatic heterocycles. The van der Waals surface area contributed by atoms with E-state index in [-0.39, 0.29) is 16.6 Å². The van der Waals surface area contributed by atoms with Crippen molar-refractivity contribution in [2.24, 2.45) is 5.14 Å². The van der Waals surface area contributed by atoms with Gasteiger partial charge in [-0.2, -0.15) is 0 Å². The highest BCUT2D eigenvalue weighted by Crippen LogP contribution is 2.20. The van der Waals surface area contributed by atoms with Crippen LogP contribution in [0.25, 0.3) is 11.0 Å². The van der Waals surface area contributed by atoms with Crippen molar-refractivity contribution in [3.63, 3.8) is 0 Å². The van der Waals surface area contributed by atoms with Crippen molar-refractivity contribution < 1.29 is 13.2 Å². The topological polar surface area (TPSA) is 118 Å². The minimum atomic E-state index is -3.68. The first-order chi connectivity index (χ1) is 12.8. The Kier molecular flexibility index (Phi) is 5.83. The van der Waals surface area contributed by atoms with E-state index in [1.54, 1.807) is 12.1 Å². The van der Waals surface area contributed by atoms with Gasteiger partial charge in [-0.1, -0.05) is 30.0 Å². The van der Waals surface area contributed by atoms with Gasteiger partial charge in [-0.05, 0) is 48.7 Å². The Bertz CT molecular complexity index is 1060. The largest absolute Gasteiger partial charge is 0.355 e. The molecule has 0 aliphatic carbocycles. The van der Waals surface area contributed by atoms with Gasteiger partial charge < -0.3 is 10.3 Å². The predicted octanol–water partition coefficient (Wildman–Crippen LogP) is 1.97. The molecule has 0 saturated carbocycles. The molecule has 1 amide bonds. The minimum absolute atomic E-state index is 0.0766. The number of H-pyrrole nitrogens is 1. The third kappa shape index (κ3) is 5.31. The molecule has 0 radical (unpaired) electrons. The van der Waals surface area contributed by atoms with Gasteiger partial charge >= 0.3 is 0 Å². The number of nitrogens with one attached hydrogen (secondary N) is 2. The van der Waals surface area contributed by atoms with E-state index in [0.29, 0.717) is 18.1 Å². The summed E-state index contributed by atoms with van der Waals surface area (Å²) >= 11 is 1.35. The van der Waals surface area contributed by atoms with Gasteiger partial charge in [-0.25, -0.2) is 18.5 Å². The number of amides is 1. The standard InChI is InChI=1S/C18H20N4O3S2/c1-12-2-7-15-16(10-12)22-18(21-15)26-11-17(23)20-9-8-13-3-5-14(6-4-13)27(19,24)25/h2-7,10H,8-9,11H2,1H3,(H,20,23)(H,21,22)(H2,19,24,25). The number of sulfonamides is 1. The molecule has 0 saturated heterocycles. The molecule has 9 heteroatoms. The average Bonchev–Trinajstić information content (AvgIpc) is 3.01. The number of primary sulfonamides is 1. The molecule has 3 rings (SSSR count). The van der Waals surface area contributed by atoms with Crippen molar-refractivity contribution in [3.05, 3.63) is 53.6 Å². The lowest BCUT2D eigenvalue weighted by Crippen LogP contribution is -2.27. The quantitative estimate of drug-likeness (QED) is 0.520. The summed E-state index contributed by atoms with van der Waals surface area (Å²) in [5.41, 5.74) is 3.91. The van der Waals surface area contributed by atoms with Gasteiger partial charge in [0.15, 0.2) is 5.16 Å². The molecular formula is C18H20N4O3S2. The first-order valence-corrected chi connectivity index (χ1v) is 10.8. The lowest BCUT2D eigenvalue weighted by Gasteiger charge is -2.05. The van der Waals surface area contributed by atoms with Crippen LogP contribution in [0.2, 0.25) is 0 Å². The number of benzene rings is 2. The van der Waals surface area contributed by atoms with Crippen LogP contribution < -0.4 is 10.5 Å². The maximum atomic E-state index is 12.0. The third-order valence-corrected chi connectivity index (χ3v) is 5.75. The molecule has 7 nitrogen and oxygen atoms in total. The minimum Gasteiger partial charge on any atom is -0.355 e. The summed E-state index contributed by atoms with van der Waals surface area (Å²) in [6.45, 7) is 2.48. The van der Waals surface area contributed by atoms with E-state index >= 15 is 0 Å². The Balaban J connectivity index is 1.45. The molecule has 0 unspecified atom stereocenters. The zero-order valence-electron chi connectivity index (χ0n) is 14.7. The summed E-state index contributed by atoms with van der Waals surface area (Å²) in [6.07, 6.45) is 0.602. The molecular weight excluding hydrogens is 384 g/mol. The van der Waals surface area contributed by atoms with E-state index < -0.39 is 10.0 Å². The second-order valence-corrected chi connectivity index (χ2v) is 8.67. The molecule has 0 aliphatic rings. The molecule has 4 N–H and O–H groups in total. The van der Waals surface area contributed by atoms with Crippen LogP contribution in [0, 0.1) is 6.92 Å². The number of thioether (sulfide) groups is 1. The fraction of sp³-hybridized carbons (Fsp3) is 0.222. The van der Waals surface area contributed by atoms with E-state index in [0.717, 1.165) is 22.2 Å². The van der Waals surface area contributed by atoms with Crippen molar-refractivity contribution in [2.75, 3.05) is 12.3 Å². The van der Waals surface area contributed by atoms with Crippen LogP contribution in [0.4, 0.5) is 0 Å². The van der Waals surface area contributed by atoms with Crippen molar-refractivity contribution in [1.82, 2.24) is 15.3 Å². The van der Waals surface area contributed by atoms with Crippen LogP contribution in [0.3, 0.4) is 0 Å². The number of hydrogen-bond acceptors (Lipinski definition) is 5. The summed E-state index contributed by atoms with van der Waals surface area (Å²) in [5, 5.41) is 8.62. The van der Waals surface area contributed by atoms with Crippen LogP contribution in [-0.4, -0.2) is 36.6 Å². The normalized spacial score (nSPS) is 11.6. The predicted molar refractivity (Wildman–Crippen MR) is 106 cm³/mol. The van der Waals surface area contributed by atoms with Crippen LogP contribution in [0.5, 0.6) is 0 Å². The number of nitrogens with zero attached hydrogens (tertiary/aromatic N) is 1. The number of aromatic nitrogens is 2. The Labute approximate surface area is 161 Å². The highest BCUT2D eigenvalue weighted by molar-refractivity contribution is 7.99. The number of carbonyl (C=O) groups is 1. The van der Waals surface area contributed by atoms with Crippen molar-refractivity contribution in [3.8, 4) is 0 Å². The fourth-order valence-electron chi connectivity index (χ4n) is 2.55. The molecule has 142 valence electrons. The molecule has 0 bridgehead atoms. The Hall–Kier alpha value is -2.36. The van der Waals surface area contributed by atoms with Gasteiger partial charge in [-0.3, -0.25) is 4.79 Å². The number of fused-ring (bicyclic) bond motifs is 1. The van der Waals surface area contributed by atoms with Crippen LogP contribution in [0.15, 0.2) is 52.5 Å². The van der Waals surface area contributed by atoms with Crippen LogP contribution >= 0.6 is 11.8 Å². The Morgan fingerprint density at radius 2 is 1.96 bits per heavy atom. The van der Waals surface area contributed by atoms with E-state index in [1.807, 2.05) is 25.1 Å². The number of nitrogens with two attached hydrogens (primary N) is 1. The zero-order valence-corrected chi connectivity index (χ0v) is 16.4. The van der Waals surface area contributed by atoms with Crippen molar-refractivity contribution in [2.45, 2.75) is 23.4 Å². The molecule has 1 heterocycles. The Morgan fingerprint density at radius 1 is 1.22 bits per heavy atom. The number of aryl methyl sites for hydroxylation is 1. The first kappa shape index (κ1) is 19.4. The Morgan fingerprint density at radius 3 is 2.67 bits per heavy atom. The number of aromatic amines is 1. The molecule has 0 fully saturated rings. The smallest absolute Gasteiger partial charge is 0.238 e. The summed E-state index contributed by atoms with van der Waals surface area (Å²) in [7, 11) is -3.68. The summed E-state index contributed by atoms with van der Waals surface area (Å²) in [4.78, 5) is 19.7. The number of rotatable bonds is 7. The fourth-order valence-corrected chi connectivity index (χ4v) is 3.78. The summed E-state index contributed by atoms with van der Waals surface area (Å²) in [5.74, 6) is 0.182. The molecule has 2 aromatic carbocycles. The van der Waals surface area contributed by atoms with E-state index in [4.69, 9.17) is 5.14 Å². The SMILES string of the molecule is Cc1ccc2nc(SCC(=O)NCCc3ccc(S(N)(=O)=O)cc3)[nH]c2c1. The maximum absolute atomic E-state index is 12.0. The van der Waals surface area contributed by atoms with Crippen LogP contribution in [-0.2, 0) is 21.2 Å². The summed E-state index contributed by atoms with van der Waals surface area (Å²) < 4.78 is 22.4. The van der Waals surface area contributed by atoms with Gasteiger partial charge in [0.2, 0.25) is 15.9 Å². The molecule has 0 aliphatic heterocycles. The molecule has 0 atom stereocenters. The van der Waals surface area contributed by atoms with Gasteiger partial charge in [0.1, 0.15) is 0 Å². The van der Waals surface area contributed by atoms with Gasteiger partial charge in [0.25, 0.3) is 0 Å². The molecule has 0 spiro atoms. The van der Waals surface area contributed by atoms with Gasteiger partial charge in [0, 0.05) is 6.54 Å².